The molecule has 0 amide bonds. The molecular weight excluding hydrogens is 352 g/mol. The summed E-state index contributed by atoms with van der Waals surface area (Å²) in [7, 11) is 0. The molecule has 0 atom stereocenters. The molecule has 0 fully saturated rings. The van der Waals surface area contributed by atoms with Crippen LogP contribution < -0.4 is 0 Å². The first kappa shape index (κ1) is 15.1. The third-order valence-corrected chi connectivity index (χ3v) is 6.10. The maximum absolute atomic E-state index is 5.04. The Kier molecular flexibility index (Phi) is 2.77. The van der Waals surface area contributed by atoms with Crippen LogP contribution in [0.25, 0.3) is 59.9 Å². The maximum Gasteiger partial charge on any atom is 0.146 e. The fraction of sp³-hybridized carbons (Fsp3) is 0. The molecular formula is C27H16N2. The number of aromatic nitrogens is 2. The number of imidazole rings is 1. The number of nitrogens with zero attached hydrogens (tertiary/aromatic N) is 2. The Balaban J connectivity index is 1.90. The standard InChI is InChI=1S/C27H16N2/c1-2-9-19-16-22-21(15-18(19)8-1)26-20-10-4-3-7-17(20)13-14-25(26)29-24-12-6-5-11-23(24)28-27(22)29/h1-16H. The molecule has 2 nitrogen and oxygen atoms in total. The first-order valence-electron chi connectivity index (χ1n) is 9.92. The molecule has 7 aromatic rings. The van der Waals surface area contributed by atoms with E-state index in [0.29, 0.717) is 0 Å². The van der Waals surface area contributed by atoms with Crippen LogP contribution in [-0.4, -0.2) is 9.38 Å². The predicted molar refractivity (Wildman–Crippen MR) is 123 cm³/mol. The Morgan fingerprint density at radius 3 is 2.07 bits per heavy atom. The van der Waals surface area contributed by atoms with E-state index in [1.54, 1.807) is 0 Å². The molecule has 0 unspecified atom stereocenters. The van der Waals surface area contributed by atoms with E-state index in [9.17, 15) is 0 Å². The van der Waals surface area contributed by atoms with Gasteiger partial charge in [-0.15, -0.1) is 0 Å². The Bertz CT molecular complexity index is 1760. The molecule has 5 aromatic carbocycles. The van der Waals surface area contributed by atoms with E-state index >= 15 is 0 Å². The molecule has 0 spiro atoms. The van der Waals surface area contributed by atoms with Gasteiger partial charge in [-0.2, -0.15) is 0 Å². The highest BCUT2D eigenvalue weighted by Crippen LogP contribution is 2.38. The molecule has 2 aromatic heterocycles. The summed E-state index contributed by atoms with van der Waals surface area (Å²) in [5.74, 6) is 0. The number of rotatable bonds is 0. The van der Waals surface area contributed by atoms with Crippen LogP contribution in [0, 0.1) is 0 Å². The number of hydrogen-bond donors (Lipinski definition) is 0. The number of fused-ring (bicyclic) bond motifs is 11. The summed E-state index contributed by atoms with van der Waals surface area (Å²) in [6.45, 7) is 0. The van der Waals surface area contributed by atoms with Gasteiger partial charge >= 0.3 is 0 Å². The van der Waals surface area contributed by atoms with Crippen molar-refractivity contribution in [3.05, 3.63) is 97.1 Å². The van der Waals surface area contributed by atoms with E-state index in [2.05, 4.69) is 101 Å². The van der Waals surface area contributed by atoms with Gasteiger partial charge < -0.3 is 0 Å². The van der Waals surface area contributed by atoms with Crippen molar-refractivity contribution >= 4 is 59.9 Å². The lowest BCUT2D eigenvalue weighted by Crippen LogP contribution is -1.93. The zero-order chi connectivity index (χ0) is 18.9. The fourth-order valence-corrected chi connectivity index (χ4v) is 4.81. The van der Waals surface area contributed by atoms with E-state index in [4.69, 9.17) is 4.98 Å². The van der Waals surface area contributed by atoms with Gasteiger partial charge in [0.25, 0.3) is 0 Å². The number of pyridine rings is 1. The monoisotopic (exact) mass is 368 g/mol. The lowest BCUT2D eigenvalue weighted by atomic mass is 9.97. The van der Waals surface area contributed by atoms with E-state index in [-0.39, 0.29) is 0 Å². The second kappa shape index (κ2) is 5.33. The van der Waals surface area contributed by atoms with Crippen LogP contribution in [-0.2, 0) is 0 Å². The van der Waals surface area contributed by atoms with Gasteiger partial charge in [0, 0.05) is 10.8 Å². The molecule has 2 heteroatoms. The van der Waals surface area contributed by atoms with E-state index in [1.807, 2.05) is 0 Å². The van der Waals surface area contributed by atoms with Crippen LogP contribution >= 0.6 is 0 Å². The van der Waals surface area contributed by atoms with Crippen molar-refractivity contribution in [2.45, 2.75) is 0 Å². The molecule has 7 rings (SSSR count). The van der Waals surface area contributed by atoms with Crippen molar-refractivity contribution in [2.24, 2.45) is 0 Å². The van der Waals surface area contributed by atoms with E-state index in [1.165, 1.54) is 43.2 Å². The molecule has 2 heterocycles. The van der Waals surface area contributed by atoms with Gasteiger partial charge in [-0.05, 0) is 57.3 Å². The van der Waals surface area contributed by atoms with Crippen LogP contribution in [0.1, 0.15) is 0 Å². The number of hydrogen-bond acceptors (Lipinski definition) is 1. The van der Waals surface area contributed by atoms with Crippen molar-refractivity contribution in [1.82, 2.24) is 9.38 Å². The number of benzene rings is 5. The van der Waals surface area contributed by atoms with Crippen molar-refractivity contribution in [2.75, 3.05) is 0 Å². The summed E-state index contributed by atoms with van der Waals surface area (Å²) in [5.41, 5.74) is 4.41. The Morgan fingerprint density at radius 1 is 0.517 bits per heavy atom. The fourth-order valence-electron chi connectivity index (χ4n) is 4.81. The number of para-hydroxylation sites is 2. The highest BCUT2D eigenvalue weighted by molar-refractivity contribution is 6.24. The Morgan fingerprint density at radius 2 is 1.21 bits per heavy atom. The second-order valence-corrected chi connectivity index (χ2v) is 7.69. The zero-order valence-electron chi connectivity index (χ0n) is 15.6. The first-order chi connectivity index (χ1) is 14.4. The quantitative estimate of drug-likeness (QED) is 0.206. The molecule has 0 radical (unpaired) electrons. The lowest BCUT2D eigenvalue weighted by Gasteiger charge is -2.13. The van der Waals surface area contributed by atoms with Crippen molar-refractivity contribution in [3.63, 3.8) is 0 Å². The van der Waals surface area contributed by atoms with E-state index in [0.717, 1.165) is 16.7 Å². The minimum Gasteiger partial charge on any atom is -0.292 e. The first-order valence-corrected chi connectivity index (χ1v) is 9.92. The summed E-state index contributed by atoms with van der Waals surface area (Å²) in [6, 6.07) is 34.8. The van der Waals surface area contributed by atoms with Gasteiger partial charge in [-0.3, -0.25) is 4.40 Å². The molecule has 0 bridgehead atoms. The summed E-state index contributed by atoms with van der Waals surface area (Å²) < 4.78 is 2.33. The molecule has 0 N–H and O–H groups in total. The van der Waals surface area contributed by atoms with Crippen molar-refractivity contribution in [1.29, 1.82) is 0 Å². The molecule has 0 saturated heterocycles. The topological polar surface area (TPSA) is 17.3 Å². The Hall–Kier alpha value is -3.91. The SMILES string of the molecule is c1ccc2cc3c(cc2c1)c1c2ccccc2ccc1n1c2ccccc2nc31. The van der Waals surface area contributed by atoms with E-state index < -0.39 is 0 Å². The molecule has 0 aliphatic carbocycles. The van der Waals surface area contributed by atoms with Gasteiger partial charge in [-0.25, -0.2) is 4.98 Å². The summed E-state index contributed by atoms with van der Waals surface area (Å²) >= 11 is 0. The highest BCUT2D eigenvalue weighted by atomic mass is 15.0. The third kappa shape index (κ3) is 1.93. The van der Waals surface area contributed by atoms with Gasteiger partial charge in [-0.1, -0.05) is 66.7 Å². The zero-order valence-corrected chi connectivity index (χ0v) is 15.6. The highest BCUT2D eigenvalue weighted by Gasteiger charge is 2.15. The van der Waals surface area contributed by atoms with Crippen LogP contribution in [0.4, 0.5) is 0 Å². The maximum atomic E-state index is 5.04. The molecule has 0 saturated carbocycles. The van der Waals surface area contributed by atoms with Crippen LogP contribution in [0.2, 0.25) is 0 Å². The van der Waals surface area contributed by atoms with Crippen LogP contribution in [0.5, 0.6) is 0 Å². The largest absolute Gasteiger partial charge is 0.292 e. The normalized spacial score (nSPS) is 12.1. The summed E-state index contributed by atoms with van der Waals surface area (Å²) in [4.78, 5) is 5.04. The van der Waals surface area contributed by atoms with Crippen LogP contribution in [0.3, 0.4) is 0 Å². The predicted octanol–water partition coefficient (Wildman–Crippen LogP) is 7.10. The third-order valence-electron chi connectivity index (χ3n) is 6.10. The van der Waals surface area contributed by atoms with Crippen LogP contribution in [0.15, 0.2) is 97.1 Å². The summed E-state index contributed by atoms with van der Waals surface area (Å²) in [6.07, 6.45) is 0. The lowest BCUT2D eigenvalue weighted by molar-refractivity contribution is 1.32. The molecule has 0 aliphatic rings. The Labute approximate surface area is 166 Å². The average molecular weight is 368 g/mol. The molecule has 29 heavy (non-hydrogen) atoms. The van der Waals surface area contributed by atoms with Gasteiger partial charge in [0.1, 0.15) is 5.65 Å². The molecule has 134 valence electrons. The summed E-state index contributed by atoms with van der Waals surface area (Å²) in [5, 5.41) is 8.80. The smallest absolute Gasteiger partial charge is 0.146 e. The minimum atomic E-state index is 1.02. The second-order valence-electron chi connectivity index (χ2n) is 7.69. The van der Waals surface area contributed by atoms with Gasteiger partial charge in [0.15, 0.2) is 0 Å². The van der Waals surface area contributed by atoms with Gasteiger partial charge in [0.2, 0.25) is 0 Å². The molecule has 0 aliphatic heterocycles. The van der Waals surface area contributed by atoms with Gasteiger partial charge in [0.05, 0.1) is 16.6 Å². The average Bonchev–Trinajstić information content (AvgIpc) is 3.17. The van der Waals surface area contributed by atoms with Crippen molar-refractivity contribution < 1.29 is 0 Å². The minimum absolute atomic E-state index is 1.02. The van der Waals surface area contributed by atoms with Crippen molar-refractivity contribution in [3.8, 4) is 0 Å².